The van der Waals surface area contributed by atoms with Gasteiger partial charge in [0.05, 0.1) is 0 Å². The van der Waals surface area contributed by atoms with Crippen molar-refractivity contribution in [3.63, 3.8) is 0 Å². The number of benzene rings is 1. The average molecular weight is 297 g/mol. The number of amides is 1. The van der Waals surface area contributed by atoms with Gasteiger partial charge in [-0.2, -0.15) is 11.3 Å². The van der Waals surface area contributed by atoms with E-state index in [2.05, 4.69) is 10.3 Å². The molecule has 0 fully saturated rings. The average Bonchev–Trinajstić information content (AvgIpc) is 3.01. The van der Waals surface area contributed by atoms with Gasteiger partial charge in [0.15, 0.2) is 0 Å². The van der Waals surface area contributed by atoms with Gasteiger partial charge in [-0.15, -0.1) is 0 Å². The Morgan fingerprint density at radius 1 is 1.29 bits per heavy atom. The second-order valence-electron chi connectivity index (χ2n) is 4.85. The van der Waals surface area contributed by atoms with E-state index in [4.69, 9.17) is 5.73 Å². The van der Waals surface area contributed by atoms with Gasteiger partial charge in [0.25, 0.3) is 0 Å². The Kier molecular flexibility index (Phi) is 3.94. The number of carbonyl (C=O) groups excluding carboxylic acids is 1. The summed E-state index contributed by atoms with van der Waals surface area (Å²) in [4.78, 5) is 16.1. The second-order valence-corrected chi connectivity index (χ2v) is 5.63. The molecule has 2 aromatic heterocycles. The summed E-state index contributed by atoms with van der Waals surface area (Å²) in [6.07, 6.45) is 3.80. The highest BCUT2D eigenvalue weighted by Crippen LogP contribution is 2.20. The molecule has 1 atom stereocenters. The zero-order valence-electron chi connectivity index (χ0n) is 11.3. The van der Waals surface area contributed by atoms with E-state index >= 15 is 0 Å². The molecule has 0 aliphatic carbocycles. The molecule has 0 radical (unpaired) electrons. The van der Waals surface area contributed by atoms with E-state index in [-0.39, 0.29) is 18.4 Å². The van der Waals surface area contributed by atoms with E-state index in [9.17, 15) is 4.79 Å². The van der Waals surface area contributed by atoms with Crippen LogP contribution in [0.25, 0.3) is 10.8 Å². The number of hydrogen-bond acceptors (Lipinski definition) is 4. The van der Waals surface area contributed by atoms with E-state index in [1.54, 1.807) is 23.7 Å². The third kappa shape index (κ3) is 3.26. The van der Waals surface area contributed by atoms with Crippen LogP contribution in [0.2, 0.25) is 0 Å². The van der Waals surface area contributed by atoms with Crippen molar-refractivity contribution in [2.24, 2.45) is 5.73 Å². The minimum absolute atomic E-state index is 0.0814. The number of aromatic nitrogens is 1. The molecule has 5 heteroatoms. The number of rotatable bonds is 4. The van der Waals surface area contributed by atoms with Crippen molar-refractivity contribution in [3.8, 4) is 0 Å². The third-order valence-corrected chi connectivity index (χ3v) is 4.00. The van der Waals surface area contributed by atoms with Crippen LogP contribution in [-0.2, 0) is 4.79 Å². The first kappa shape index (κ1) is 13.7. The summed E-state index contributed by atoms with van der Waals surface area (Å²) in [6, 6.07) is 9.36. The second kappa shape index (κ2) is 6.03. The minimum Gasteiger partial charge on any atom is -0.326 e. The maximum atomic E-state index is 12.1. The molecule has 1 aromatic carbocycles. The first-order chi connectivity index (χ1) is 10.2. The number of anilines is 1. The summed E-state index contributed by atoms with van der Waals surface area (Å²) in [5.74, 6) is -0.0814. The van der Waals surface area contributed by atoms with E-state index in [1.807, 2.05) is 41.1 Å². The van der Waals surface area contributed by atoms with Gasteiger partial charge in [0, 0.05) is 35.9 Å². The monoisotopic (exact) mass is 297 g/mol. The van der Waals surface area contributed by atoms with Crippen molar-refractivity contribution in [2.75, 3.05) is 5.32 Å². The van der Waals surface area contributed by atoms with Gasteiger partial charge in [0.2, 0.25) is 5.91 Å². The number of nitrogens with one attached hydrogen (secondary N) is 1. The van der Waals surface area contributed by atoms with Crippen molar-refractivity contribution in [2.45, 2.75) is 12.5 Å². The summed E-state index contributed by atoms with van der Waals surface area (Å²) >= 11 is 1.58. The predicted octanol–water partition coefficient (Wildman–Crippen LogP) is 3.32. The molecule has 21 heavy (non-hydrogen) atoms. The maximum absolute atomic E-state index is 12.1. The summed E-state index contributed by atoms with van der Waals surface area (Å²) in [5, 5.41) is 8.92. The van der Waals surface area contributed by atoms with Crippen LogP contribution >= 0.6 is 11.3 Å². The van der Waals surface area contributed by atoms with Gasteiger partial charge < -0.3 is 11.1 Å². The lowest BCUT2D eigenvalue weighted by Gasteiger charge is -2.11. The fraction of sp³-hybridized carbons (Fsp3) is 0.125. The van der Waals surface area contributed by atoms with Crippen molar-refractivity contribution in [3.05, 3.63) is 59.0 Å². The molecular formula is C16H15N3OS. The van der Waals surface area contributed by atoms with Crippen molar-refractivity contribution in [1.29, 1.82) is 0 Å². The normalized spacial score (nSPS) is 12.2. The minimum atomic E-state index is -0.263. The van der Waals surface area contributed by atoms with E-state index in [0.717, 1.165) is 22.0 Å². The highest BCUT2D eigenvalue weighted by molar-refractivity contribution is 7.07. The van der Waals surface area contributed by atoms with Gasteiger partial charge in [-0.1, -0.05) is 6.07 Å². The van der Waals surface area contributed by atoms with Crippen LogP contribution in [0.5, 0.6) is 0 Å². The SMILES string of the molecule is N[C@@H](CC(=O)Nc1ccc2cnccc2c1)c1ccsc1. The summed E-state index contributed by atoms with van der Waals surface area (Å²) in [5.41, 5.74) is 7.80. The third-order valence-electron chi connectivity index (χ3n) is 3.30. The molecule has 0 saturated heterocycles. The first-order valence-electron chi connectivity index (χ1n) is 6.64. The van der Waals surface area contributed by atoms with Crippen LogP contribution in [-0.4, -0.2) is 10.9 Å². The molecule has 0 unspecified atom stereocenters. The van der Waals surface area contributed by atoms with Crippen LogP contribution in [0.4, 0.5) is 5.69 Å². The van der Waals surface area contributed by atoms with Gasteiger partial charge >= 0.3 is 0 Å². The van der Waals surface area contributed by atoms with Crippen molar-refractivity contribution < 1.29 is 4.79 Å². The molecular weight excluding hydrogens is 282 g/mol. The van der Waals surface area contributed by atoms with Gasteiger partial charge in [-0.05, 0) is 46.0 Å². The Labute approximate surface area is 126 Å². The van der Waals surface area contributed by atoms with Gasteiger partial charge in [-0.3, -0.25) is 9.78 Å². The Balaban J connectivity index is 1.68. The Hall–Kier alpha value is -2.24. The number of nitrogens with two attached hydrogens (primary N) is 1. The quantitative estimate of drug-likeness (QED) is 0.776. The van der Waals surface area contributed by atoms with Crippen LogP contribution in [0.15, 0.2) is 53.5 Å². The zero-order valence-corrected chi connectivity index (χ0v) is 12.1. The molecule has 3 aromatic rings. The molecule has 0 spiro atoms. The topological polar surface area (TPSA) is 68.0 Å². The summed E-state index contributed by atoms with van der Waals surface area (Å²) in [6.45, 7) is 0. The molecule has 3 rings (SSSR count). The Morgan fingerprint density at radius 3 is 3.00 bits per heavy atom. The van der Waals surface area contributed by atoms with Crippen LogP contribution in [0.1, 0.15) is 18.0 Å². The molecule has 0 aliphatic heterocycles. The van der Waals surface area contributed by atoms with E-state index < -0.39 is 0 Å². The van der Waals surface area contributed by atoms with Crippen LogP contribution in [0.3, 0.4) is 0 Å². The summed E-state index contributed by atoms with van der Waals surface area (Å²) in [7, 11) is 0. The maximum Gasteiger partial charge on any atom is 0.226 e. The van der Waals surface area contributed by atoms with E-state index in [1.165, 1.54) is 0 Å². The van der Waals surface area contributed by atoms with Crippen molar-refractivity contribution >= 4 is 33.7 Å². The molecule has 2 heterocycles. The van der Waals surface area contributed by atoms with Crippen LogP contribution in [0, 0.1) is 0 Å². The highest BCUT2D eigenvalue weighted by atomic mass is 32.1. The largest absolute Gasteiger partial charge is 0.326 e. The highest BCUT2D eigenvalue weighted by Gasteiger charge is 2.12. The molecule has 0 saturated carbocycles. The standard InChI is InChI=1S/C16H15N3OS/c17-15(13-4-6-21-10-13)8-16(20)19-14-2-1-12-9-18-5-3-11(12)7-14/h1-7,9-10,15H,8,17H2,(H,19,20)/t15-/m0/s1. The Bertz CT molecular complexity index is 755. The fourth-order valence-electron chi connectivity index (χ4n) is 2.18. The van der Waals surface area contributed by atoms with Gasteiger partial charge in [-0.25, -0.2) is 0 Å². The van der Waals surface area contributed by atoms with Crippen molar-refractivity contribution in [1.82, 2.24) is 4.98 Å². The molecule has 1 amide bonds. The fourth-order valence-corrected chi connectivity index (χ4v) is 2.90. The molecule has 0 aliphatic rings. The Morgan fingerprint density at radius 2 is 2.19 bits per heavy atom. The lowest BCUT2D eigenvalue weighted by Crippen LogP contribution is -2.20. The molecule has 3 N–H and O–H groups in total. The number of pyridine rings is 1. The predicted molar refractivity (Wildman–Crippen MR) is 86.2 cm³/mol. The van der Waals surface area contributed by atoms with Gasteiger partial charge in [0.1, 0.15) is 0 Å². The zero-order chi connectivity index (χ0) is 14.7. The smallest absolute Gasteiger partial charge is 0.226 e. The molecule has 0 bridgehead atoms. The summed E-state index contributed by atoms with van der Waals surface area (Å²) < 4.78 is 0. The van der Waals surface area contributed by atoms with E-state index in [0.29, 0.717) is 0 Å². The number of thiophene rings is 1. The number of fused-ring (bicyclic) bond motifs is 1. The number of hydrogen-bond donors (Lipinski definition) is 2. The van der Waals surface area contributed by atoms with Crippen LogP contribution < -0.4 is 11.1 Å². The molecule has 106 valence electrons. The lowest BCUT2D eigenvalue weighted by atomic mass is 10.1. The number of carbonyl (C=O) groups is 1. The first-order valence-corrected chi connectivity index (χ1v) is 7.58. The number of nitrogens with zero attached hydrogens (tertiary/aromatic N) is 1. The molecule has 4 nitrogen and oxygen atoms in total. The lowest BCUT2D eigenvalue weighted by molar-refractivity contribution is -0.116.